The highest BCUT2D eigenvalue weighted by Crippen LogP contribution is 2.32. The summed E-state index contributed by atoms with van der Waals surface area (Å²) < 4.78 is 44.7. The van der Waals surface area contributed by atoms with E-state index in [-0.39, 0.29) is 32.4 Å². The molecule has 0 aliphatic carbocycles. The molecule has 0 saturated carbocycles. The number of rotatable bonds is 4. The van der Waals surface area contributed by atoms with Crippen LogP contribution < -0.4 is 10.5 Å². The molecule has 2 atom stereocenters. The summed E-state index contributed by atoms with van der Waals surface area (Å²) in [6, 6.07) is 3.37. The number of piperidine rings is 1. The minimum Gasteiger partial charge on any atom is -0.493 e. The van der Waals surface area contributed by atoms with Crippen molar-refractivity contribution in [2.45, 2.75) is 51.4 Å². The lowest BCUT2D eigenvalue weighted by molar-refractivity contribution is -0.197. The molecule has 7 heteroatoms. The molecule has 0 bridgehead atoms. The number of halogens is 3. The molecule has 0 radical (unpaired) electrons. The fourth-order valence-electron chi connectivity index (χ4n) is 2.82. The molecule has 1 fully saturated rings. The van der Waals surface area contributed by atoms with Crippen molar-refractivity contribution in [3.05, 3.63) is 29.3 Å². The minimum absolute atomic E-state index is 0.0393. The van der Waals surface area contributed by atoms with E-state index in [4.69, 9.17) is 10.5 Å². The maximum Gasteiger partial charge on any atom is 0.408 e. The van der Waals surface area contributed by atoms with Crippen LogP contribution >= 0.6 is 0 Å². The van der Waals surface area contributed by atoms with Gasteiger partial charge in [-0.05, 0) is 49.9 Å². The topological polar surface area (TPSA) is 55.6 Å². The molecular formula is C17H23F3N2O2. The summed E-state index contributed by atoms with van der Waals surface area (Å²) in [4.78, 5) is 13.1. The Labute approximate surface area is 139 Å². The Morgan fingerprint density at radius 2 is 2.00 bits per heavy atom. The molecule has 1 aromatic rings. The highest BCUT2D eigenvalue weighted by molar-refractivity contribution is 5.77. The smallest absolute Gasteiger partial charge is 0.408 e. The van der Waals surface area contributed by atoms with Gasteiger partial charge in [0.1, 0.15) is 11.8 Å². The number of hydrogen-bond donors (Lipinski definition) is 1. The number of ether oxygens (including phenoxy) is 1. The zero-order valence-electron chi connectivity index (χ0n) is 13.9. The maximum absolute atomic E-state index is 13.1. The highest BCUT2D eigenvalue weighted by Gasteiger charge is 2.47. The lowest BCUT2D eigenvalue weighted by atomic mass is 9.98. The molecule has 0 spiro atoms. The van der Waals surface area contributed by atoms with Crippen molar-refractivity contribution in [3.8, 4) is 5.75 Å². The van der Waals surface area contributed by atoms with Crippen LogP contribution in [0.5, 0.6) is 5.75 Å². The SMILES string of the molecule is Cc1ccc(OCCC(=O)N2C[C@@H](N)CC[C@@H]2C(F)(F)F)cc1C. The van der Waals surface area contributed by atoms with Crippen molar-refractivity contribution >= 4 is 5.91 Å². The number of likely N-dealkylation sites (tertiary alicyclic amines) is 1. The van der Waals surface area contributed by atoms with Crippen molar-refractivity contribution in [2.75, 3.05) is 13.2 Å². The van der Waals surface area contributed by atoms with Crippen LogP contribution in [0.15, 0.2) is 18.2 Å². The Hall–Kier alpha value is -1.76. The van der Waals surface area contributed by atoms with E-state index in [1.54, 1.807) is 6.07 Å². The molecule has 1 aliphatic rings. The molecule has 2 N–H and O–H groups in total. The van der Waals surface area contributed by atoms with Crippen LogP contribution in [0.4, 0.5) is 13.2 Å². The highest BCUT2D eigenvalue weighted by atomic mass is 19.4. The van der Waals surface area contributed by atoms with Crippen LogP contribution in [-0.4, -0.2) is 42.2 Å². The molecule has 1 heterocycles. The van der Waals surface area contributed by atoms with Gasteiger partial charge in [0.2, 0.25) is 5.91 Å². The number of amides is 1. The van der Waals surface area contributed by atoms with E-state index < -0.39 is 24.2 Å². The molecule has 0 unspecified atom stereocenters. The van der Waals surface area contributed by atoms with Gasteiger partial charge in [-0.3, -0.25) is 4.79 Å². The van der Waals surface area contributed by atoms with Gasteiger partial charge in [-0.25, -0.2) is 0 Å². The molecule has 1 aliphatic heterocycles. The molecule has 0 aromatic heterocycles. The molecule has 24 heavy (non-hydrogen) atoms. The predicted molar refractivity (Wildman–Crippen MR) is 84.8 cm³/mol. The van der Waals surface area contributed by atoms with Crippen LogP contribution in [0.1, 0.15) is 30.4 Å². The van der Waals surface area contributed by atoms with Gasteiger partial charge in [0.05, 0.1) is 13.0 Å². The first-order valence-corrected chi connectivity index (χ1v) is 8.00. The first kappa shape index (κ1) is 18.6. The Morgan fingerprint density at radius 1 is 1.29 bits per heavy atom. The van der Waals surface area contributed by atoms with E-state index in [9.17, 15) is 18.0 Å². The third-order valence-corrected chi connectivity index (χ3v) is 4.38. The second-order valence-corrected chi connectivity index (χ2v) is 6.29. The van der Waals surface area contributed by atoms with Gasteiger partial charge in [0.25, 0.3) is 0 Å². The normalized spacial score (nSPS) is 21.7. The number of aryl methyl sites for hydroxylation is 2. The summed E-state index contributed by atoms with van der Waals surface area (Å²) in [5.74, 6) is 0.0323. The fourth-order valence-corrected chi connectivity index (χ4v) is 2.82. The van der Waals surface area contributed by atoms with E-state index in [2.05, 4.69) is 0 Å². The standard InChI is InChI=1S/C17H23F3N2O2/c1-11-3-5-14(9-12(11)2)24-8-7-16(23)22-10-13(21)4-6-15(22)17(18,19)20/h3,5,9,13,15H,4,6-8,10,21H2,1-2H3/t13-,15+/m0/s1. The minimum atomic E-state index is -4.43. The van der Waals surface area contributed by atoms with Gasteiger partial charge < -0.3 is 15.4 Å². The lowest BCUT2D eigenvalue weighted by Crippen LogP contribution is -2.56. The van der Waals surface area contributed by atoms with Crippen LogP contribution in [0, 0.1) is 13.8 Å². The summed E-state index contributed by atoms with van der Waals surface area (Å²) in [5.41, 5.74) is 7.90. The van der Waals surface area contributed by atoms with Gasteiger partial charge in [-0.15, -0.1) is 0 Å². The molecule has 1 amide bonds. The number of hydrogen-bond acceptors (Lipinski definition) is 3. The Kier molecular flexibility index (Phi) is 5.74. The molecule has 134 valence electrons. The van der Waals surface area contributed by atoms with E-state index in [0.717, 1.165) is 16.0 Å². The Bertz CT molecular complexity index is 590. The van der Waals surface area contributed by atoms with Crippen molar-refractivity contribution in [3.63, 3.8) is 0 Å². The van der Waals surface area contributed by atoms with E-state index in [1.165, 1.54) is 0 Å². The molecular weight excluding hydrogens is 321 g/mol. The number of carbonyl (C=O) groups excluding carboxylic acids is 1. The number of benzene rings is 1. The average Bonchev–Trinajstić information content (AvgIpc) is 2.49. The summed E-state index contributed by atoms with van der Waals surface area (Å²) >= 11 is 0. The quantitative estimate of drug-likeness (QED) is 0.914. The summed E-state index contributed by atoms with van der Waals surface area (Å²) in [6.07, 6.45) is -4.40. The fraction of sp³-hybridized carbons (Fsp3) is 0.588. The predicted octanol–water partition coefficient (Wildman–Crippen LogP) is 2.95. The Balaban J connectivity index is 1.93. The monoisotopic (exact) mass is 344 g/mol. The van der Waals surface area contributed by atoms with E-state index in [1.807, 2.05) is 26.0 Å². The Morgan fingerprint density at radius 3 is 2.62 bits per heavy atom. The zero-order valence-corrected chi connectivity index (χ0v) is 13.9. The van der Waals surface area contributed by atoms with Gasteiger partial charge in [-0.2, -0.15) is 13.2 Å². The summed E-state index contributed by atoms with van der Waals surface area (Å²) in [7, 11) is 0. The van der Waals surface area contributed by atoms with Crippen LogP contribution in [0.3, 0.4) is 0 Å². The van der Waals surface area contributed by atoms with E-state index in [0.29, 0.717) is 5.75 Å². The second kappa shape index (κ2) is 7.42. The molecule has 1 saturated heterocycles. The van der Waals surface area contributed by atoms with Crippen LogP contribution in [0.25, 0.3) is 0 Å². The van der Waals surface area contributed by atoms with Gasteiger partial charge in [0, 0.05) is 12.6 Å². The van der Waals surface area contributed by atoms with Gasteiger partial charge in [-0.1, -0.05) is 6.07 Å². The number of nitrogens with two attached hydrogens (primary N) is 1. The third kappa shape index (κ3) is 4.63. The lowest BCUT2D eigenvalue weighted by Gasteiger charge is -2.39. The van der Waals surface area contributed by atoms with Crippen molar-refractivity contribution in [2.24, 2.45) is 5.73 Å². The zero-order chi connectivity index (χ0) is 17.9. The largest absolute Gasteiger partial charge is 0.493 e. The summed E-state index contributed by atoms with van der Waals surface area (Å²) in [6.45, 7) is 3.89. The number of alkyl halides is 3. The van der Waals surface area contributed by atoms with E-state index >= 15 is 0 Å². The van der Waals surface area contributed by atoms with Crippen molar-refractivity contribution < 1.29 is 22.7 Å². The number of carbonyl (C=O) groups is 1. The summed E-state index contributed by atoms with van der Waals surface area (Å²) in [5, 5.41) is 0. The van der Waals surface area contributed by atoms with Crippen LogP contribution in [0.2, 0.25) is 0 Å². The van der Waals surface area contributed by atoms with Crippen molar-refractivity contribution in [1.29, 1.82) is 0 Å². The second-order valence-electron chi connectivity index (χ2n) is 6.29. The van der Waals surface area contributed by atoms with Gasteiger partial charge >= 0.3 is 6.18 Å². The average molecular weight is 344 g/mol. The molecule has 2 rings (SSSR count). The third-order valence-electron chi connectivity index (χ3n) is 4.38. The molecule has 4 nitrogen and oxygen atoms in total. The first-order chi connectivity index (χ1) is 11.2. The van der Waals surface area contributed by atoms with Crippen molar-refractivity contribution in [1.82, 2.24) is 4.90 Å². The van der Waals surface area contributed by atoms with Crippen LogP contribution in [-0.2, 0) is 4.79 Å². The molecule has 1 aromatic carbocycles. The first-order valence-electron chi connectivity index (χ1n) is 8.00. The van der Waals surface area contributed by atoms with Gasteiger partial charge in [0.15, 0.2) is 0 Å². The maximum atomic E-state index is 13.1. The number of nitrogens with zero attached hydrogens (tertiary/aromatic N) is 1.